The van der Waals surface area contributed by atoms with E-state index < -0.39 is 31.6 Å². The Kier molecular flexibility index (Phi) is 12.0. The maximum absolute atomic E-state index is 14.1. The van der Waals surface area contributed by atoms with Crippen molar-refractivity contribution in [3.8, 4) is 0 Å². The third-order valence-corrected chi connectivity index (χ3v) is 9.38. The van der Waals surface area contributed by atoms with Gasteiger partial charge >= 0.3 is 7.60 Å². The van der Waals surface area contributed by atoms with Crippen molar-refractivity contribution in [3.63, 3.8) is 0 Å². The number of hydrogen-bond donors (Lipinski definition) is 2. The second-order valence-electron chi connectivity index (χ2n) is 11.0. The van der Waals surface area contributed by atoms with Crippen LogP contribution in [0.5, 0.6) is 0 Å². The number of piperazine rings is 1. The third kappa shape index (κ3) is 8.63. The van der Waals surface area contributed by atoms with Crippen LogP contribution in [-0.2, 0) is 34.4 Å². The maximum Gasteiger partial charge on any atom is 0.349 e. The molecule has 1 heterocycles. The summed E-state index contributed by atoms with van der Waals surface area (Å²) in [6, 6.07) is 7.57. The molecule has 2 fully saturated rings. The summed E-state index contributed by atoms with van der Waals surface area (Å²) in [4.78, 5) is 43.1. The minimum Gasteiger partial charge on any atom is -0.343 e. The van der Waals surface area contributed by atoms with Gasteiger partial charge in [0.25, 0.3) is 0 Å². The highest BCUT2D eigenvalue weighted by atomic mass is 31.2. The lowest BCUT2D eigenvalue weighted by Crippen LogP contribution is -2.69. The molecule has 0 spiro atoms. The lowest BCUT2D eigenvalue weighted by atomic mass is 9.81. The van der Waals surface area contributed by atoms with Crippen molar-refractivity contribution in [1.82, 2.24) is 15.5 Å². The van der Waals surface area contributed by atoms with Crippen LogP contribution in [0, 0.1) is 11.8 Å². The summed E-state index contributed by atoms with van der Waals surface area (Å²) in [5.41, 5.74) is 1.08. The highest BCUT2D eigenvalue weighted by Gasteiger charge is 2.48. The van der Waals surface area contributed by atoms with Crippen molar-refractivity contribution >= 4 is 25.3 Å². The maximum atomic E-state index is 14.1. The van der Waals surface area contributed by atoms with Crippen molar-refractivity contribution < 1.29 is 28.0 Å². The molecule has 0 aromatic heterocycles. The molecule has 3 rings (SSSR count). The first-order valence-electron chi connectivity index (χ1n) is 14.5. The van der Waals surface area contributed by atoms with Gasteiger partial charge in [-0.25, -0.2) is 0 Å². The monoisotopic (exact) mass is 563 g/mol. The molecule has 218 valence electrons. The van der Waals surface area contributed by atoms with E-state index in [1.807, 2.05) is 44.2 Å². The second kappa shape index (κ2) is 15.0. The third-order valence-electron chi connectivity index (χ3n) is 7.53. The molecule has 1 aromatic carbocycles. The minimum atomic E-state index is -3.53. The zero-order chi connectivity index (χ0) is 28.4. The van der Waals surface area contributed by atoms with E-state index in [1.54, 1.807) is 18.7 Å². The largest absolute Gasteiger partial charge is 0.349 e. The van der Waals surface area contributed by atoms with E-state index in [0.29, 0.717) is 19.3 Å². The van der Waals surface area contributed by atoms with Crippen molar-refractivity contribution in [3.05, 3.63) is 35.9 Å². The SMILES string of the molecule is CCOP(=O)(CNC(=O)C(C1CCCCC1)N1C(=O)[C@H](CCc2ccccc2)NC(=O)[C@@H]1CC(C)C)OCC. The zero-order valence-electron chi connectivity index (χ0n) is 23.9. The highest BCUT2D eigenvalue weighted by molar-refractivity contribution is 7.53. The van der Waals surface area contributed by atoms with Gasteiger partial charge < -0.3 is 24.6 Å². The molecule has 10 heteroatoms. The van der Waals surface area contributed by atoms with Crippen molar-refractivity contribution in [1.29, 1.82) is 0 Å². The first kappa shape index (κ1) is 31.3. The fourth-order valence-corrected chi connectivity index (χ4v) is 7.15. The van der Waals surface area contributed by atoms with Gasteiger partial charge in [0.1, 0.15) is 24.4 Å². The highest BCUT2D eigenvalue weighted by Crippen LogP contribution is 2.46. The van der Waals surface area contributed by atoms with Gasteiger partial charge in [-0.2, -0.15) is 0 Å². The first-order valence-corrected chi connectivity index (χ1v) is 16.2. The van der Waals surface area contributed by atoms with Crippen LogP contribution in [0.15, 0.2) is 30.3 Å². The number of hydrogen-bond acceptors (Lipinski definition) is 6. The summed E-state index contributed by atoms with van der Waals surface area (Å²) in [5, 5.41) is 5.75. The van der Waals surface area contributed by atoms with Gasteiger partial charge in [-0.05, 0) is 63.4 Å². The molecule has 1 aliphatic carbocycles. The van der Waals surface area contributed by atoms with Gasteiger partial charge in [-0.1, -0.05) is 63.4 Å². The average molecular weight is 564 g/mol. The Morgan fingerprint density at radius 1 is 1.08 bits per heavy atom. The number of nitrogens with one attached hydrogen (secondary N) is 2. The van der Waals surface area contributed by atoms with Crippen LogP contribution in [0.4, 0.5) is 0 Å². The standard InChI is InChI=1S/C29H46N3O6P/c1-5-37-39(36,38-6-2)20-30-28(34)26(23-15-11-8-12-16-23)32-25(19-21(3)4)27(33)31-24(29(32)35)18-17-22-13-9-7-10-14-22/h7,9-10,13-14,21,23-26H,5-6,8,11-12,15-20H2,1-4H3,(H,30,34)(H,31,33)/t24-,25-,26?/m0/s1. The number of amides is 3. The average Bonchev–Trinajstić information content (AvgIpc) is 2.91. The Hall–Kier alpha value is -2.22. The molecule has 1 saturated heterocycles. The van der Waals surface area contributed by atoms with Gasteiger partial charge in [0, 0.05) is 0 Å². The molecule has 0 radical (unpaired) electrons. The number of carbonyl (C=O) groups excluding carboxylic acids is 3. The smallest absolute Gasteiger partial charge is 0.343 e. The zero-order valence-corrected chi connectivity index (χ0v) is 24.8. The van der Waals surface area contributed by atoms with Crippen LogP contribution in [-0.4, -0.2) is 60.2 Å². The molecular formula is C29H46N3O6P. The van der Waals surface area contributed by atoms with Crippen LogP contribution < -0.4 is 10.6 Å². The predicted molar refractivity (Wildman–Crippen MR) is 151 cm³/mol. The Bertz CT molecular complexity index is 988. The molecule has 1 aliphatic heterocycles. The van der Waals surface area contributed by atoms with E-state index in [4.69, 9.17) is 9.05 Å². The van der Waals surface area contributed by atoms with Crippen LogP contribution in [0.2, 0.25) is 0 Å². The molecule has 1 aromatic rings. The van der Waals surface area contributed by atoms with Crippen molar-refractivity contribution in [2.75, 3.05) is 19.5 Å². The number of nitrogens with zero attached hydrogens (tertiary/aromatic N) is 1. The first-order chi connectivity index (χ1) is 18.7. The number of benzene rings is 1. The molecule has 3 amide bonds. The van der Waals surface area contributed by atoms with Gasteiger partial charge in [-0.3, -0.25) is 18.9 Å². The Balaban J connectivity index is 1.91. The van der Waals surface area contributed by atoms with Gasteiger partial charge in [0.2, 0.25) is 17.7 Å². The van der Waals surface area contributed by atoms with Gasteiger partial charge in [0.05, 0.1) is 13.2 Å². The minimum absolute atomic E-state index is 0.0865. The lowest BCUT2D eigenvalue weighted by Gasteiger charge is -2.46. The fourth-order valence-electron chi connectivity index (χ4n) is 5.76. The molecule has 39 heavy (non-hydrogen) atoms. The van der Waals surface area contributed by atoms with Crippen LogP contribution in [0.3, 0.4) is 0 Å². The molecule has 1 unspecified atom stereocenters. The summed E-state index contributed by atoms with van der Waals surface area (Å²) >= 11 is 0. The fraction of sp³-hybridized carbons (Fsp3) is 0.690. The molecule has 1 saturated carbocycles. The molecule has 2 N–H and O–H groups in total. The van der Waals surface area contributed by atoms with E-state index in [9.17, 15) is 18.9 Å². The molecule has 3 atom stereocenters. The Labute approximate surface area is 233 Å². The normalized spacial score (nSPS) is 21.6. The van der Waals surface area contributed by atoms with Gasteiger partial charge in [-0.15, -0.1) is 0 Å². The van der Waals surface area contributed by atoms with E-state index in [0.717, 1.165) is 37.7 Å². The van der Waals surface area contributed by atoms with E-state index in [1.165, 1.54) is 0 Å². The van der Waals surface area contributed by atoms with Gasteiger partial charge in [0.15, 0.2) is 0 Å². The van der Waals surface area contributed by atoms with E-state index >= 15 is 0 Å². The summed E-state index contributed by atoms with van der Waals surface area (Å²) < 4.78 is 23.8. The topological polar surface area (TPSA) is 114 Å². The second-order valence-corrected chi connectivity index (χ2v) is 13.0. The van der Waals surface area contributed by atoms with Crippen LogP contribution in [0.25, 0.3) is 0 Å². The van der Waals surface area contributed by atoms with Crippen LogP contribution >= 0.6 is 7.60 Å². The number of rotatable bonds is 14. The van der Waals surface area contributed by atoms with Crippen LogP contribution in [0.1, 0.15) is 78.2 Å². The predicted octanol–water partition coefficient (Wildman–Crippen LogP) is 4.65. The summed E-state index contributed by atoms with van der Waals surface area (Å²) in [7, 11) is -3.53. The molecule has 0 bridgehead atoms. The Morgan fingerprint density at radius 2 is 1.72 bits per heavy atom. The number of aryl methyl sites for hydroxylation is 1. The quantitative estimate of drug-likeness (QED) is 0.319. The molecular weight excluding hydrogens is 517 g/mol. The molecule has 2 aliphatic rings. The van der Waals surface area contributed by atoms with E-state index in [-0.39, 0.29) is 43.1 Å². The summed E-state index contributed by atoms with van der Waals surface area (Å²) in [6.45, 7) is 7.82. The molecule has 9 nitrogen and oxygen atoms in total. The van der Waals surface area contributed by atoms with Crippen molar-refractivity contribution in [2.45, 2.75) is 97.2 Å². The van der Waals surface area contributed by atoms with E-state index in [2.05, 4.69) is 10.6 Å². The lowest BCUT2D eigenvalue weighted by molar-refractivity contribution is -0.158. The van der Waals surface area contributed by atoms with Crippen molar-refractivity contribution in [2.24, 2.45) is 11.8 Å². The summed E-state index contributed by atoms with van der Waals surface area (Å²) in [5.74, 6) is -0.788. The number of carbonyl (C=O) groups is 3. The summed E-state index contributed by atoms with van der Waals surface area (Å²) in [6.07, 6.45) is 5.85. The Morgan fingerprint density at radius 3 is 2.31 bits per heavy atom.